The molecule has 2 aromatic heterocycles. The second-order valence-corrected chi connectivity index (χ2v) is 11.9. The molecule has 0 amide bonds. The standard InChI is InChI=1S/C42H26N2O/c1-4-14-29-26(10-1)13-9-17-31(29)33-22-20-28-12-3-7-18-36(28)43-42(33)44-37-19-8-6-16-32(37)34-24-35-40(25-38(34)44)45-39-23-21-27-11-2-5-15-30(27)41(35)39/h1-19,21-25H,20H2. The average Bonchev–Trinajstić information content (AvgIpc) is 3.55. The number of hydrogen-bond acceptors (Lipinski definition) is 2. The largest absolute Gasteiger partial charge is 0.456 e. The zero-order valence-corrected chi connectivity index (χ0v) is 24.4. The molecule has 0 unspecified atom stereocenters. The minimum absolute atomic E-state index is 0.805. The average molecular weight is 575 g/mol. The Morgan fingerprint density at radius 3 is 2.18 bits per heavy atom. The number of nitrogens with zero attached hydrogens (tertiary/aromatic N) is 2. The first-order valence-corrected chi connectivity index (χ1v) is 15.4. The summed E-state index contributed by atoms with van der Waals surface area (Å²) in [6.07, 6.45) is 3.17. The van der Waals surface area contributed by atoms with E-state index in [0.717, 1.165) is 51.1 Å². The first-order chi connectivity index (χ1) is 22.3. The van der Waals surface area contributed by atoms with Crippen LogP contribution in [0, 0.1) is 0 Å². The maximum atomic E-state index is 6.59. The molecule has 210 valence electrons. The Morgan fingerprint density at radius 2 is 1.27 bits per heavy atom. The Morgan fingerprint density at radius 1 is 0.533 bits per heavy atom. The van der Waals surface area contributed by atoms with Crippen LogP contribution in [0.5, 0.6) is 0 Å². The summed E-state index contributed by atoms with van der Waals surface area (Å²) in [7, 11) is 0. The van der Waals surface area contributed by atoms with Crippen molar-refractivity contribution in [3.63, 3.8) is 0 Å². The summed E-state index contributed by atoms with van der Waals surface area (Å²) >= 11 is 0. The highest BCUT2D eigenvalue weighted by Gasteiger charge is 2.24. The van der Waals surface area contributed by atoms with Gasteiger partial charge in [0.25, 0.3) is 0 Å². The lowest BCUT2D eigenvalue weighted by atomic mass is 9.96. The van der Waals surface area contributed by atoms with Crippen molar-refractivity contribution in [1.29, 1.82) is 0 Å². The van der Waals surface area contributed by atoms with Gasteiger partial charge in [0.15, 0.2) is 0 Å². The number of fused-ring (bicyclic) bond motifs is 10. The van der Waals surface area contributed by atoms with E-state index in [1.165, 1.54) is 48.8 Å². The van der Waals surface area contributed by atoms with Crippen molar-refractivity contribution in [3.8, 4) is 0 Å². The Kier molecular flexibility index (Phi) is 5.06. The molecule has 10 rings (SSSR count). The smallest absolute Gasteiger partial charge is 0.145 e. The van der Waals surface area contributed by atoms with E-state index in [-0.39, 0.29) is 0 Å². The third-order valence-corrected chi connectivity index (χ3v) is 9.43. The van der Waals surface area contributed by atoms with Gasteiger partial charge in [-0.05, 0) is 63.4 Å². The Labute approximate surface area is 259 Å². The predicted molar refractivity (Wildman–Crippen MR) is 189 cm³/mol. The summed E-state index contributed by atoms with van der Waals surface area (Å²) in [6, 6.07) is 49.8. The van der Waals surface area contributed by atoms with Crippen LogP contribution in [-0.4, -0.2) is 10.4 Å². The lowest BCUT2D eigenvalue weighted by Crippen LogP contribution is -2.14. The van der Waals surface area contributed by atoms with Crippen LogP contribution in [0.15, 0.2) is 155 Å². The molecular formula is C42H26N2O. The molecule has 1 aliphatic heterocycles. The van der Waals surface area contributed by atoms with E-state index < -0.39 is 0 Å². The third-order valence-electron chi connectivity index (χ3n) is 9.43. The van der Waals surface area contributed by atoms with E-state index in [0.29, 0.717) is 0 Å². The molecule has 1 aliphatic rings. The van der Waals surface area contributed by atoms with E-state index in [1.807, 2.05) is 0 Å². The van der Waals surface area contributed by atoms with Crippen molar-refractivity contribution in [2.45, 2.75) is 6.42 Å². The molecule has 0 spiro atoms. The Bertz CT molecular complexity index is 2730. The van der Waals surface area contributed by atoms with Crippen molar-refractivity contribution in [2.75, 3.05) is 0 Å². The second-order valence-electron chi connectivity index (χ2n) is 11.9. The van der Waals surface area contributed by atoms with Gasteiger partial charge < -0.3 is 4.42 Å². The number of furan rings is 1. The normalized spacial score (nSPS) is 13.5. The van der Waals surface area contributed by atoms with E-state index in [2.05, 4.69) is 150 Å². The van der Waals surface area contributed by atoms with Gasteiger partial charge in [-0.15, -0.1) is 0 Å². The van der Waals surface area contributed by atoms with Gasteiger partial charge in [-0.1, -0.05) is 115 Å². The van der Waals surface area contributed by atoms with E-state index in [1.54, 1.807) is 0 Å². The number of allylic oxidation sites excluding steroid dienone is 2. The van der Waals surface area contributed by atoms with Crippen LogP contribution in [-0.2, 0) is 6.42 Å². The van der Waals surface area contributed by atoms with E-state index in [9.17, 15) is 0 Å². The maximum Gasteiger partial charge on any atom is 0.145 e. The molecule has 0 bridgehead atoms. The van der Waals surface area contributed by atoms with Crippen LogP contribution in [0.1, 0.15) is 11.1 Å². The van der Waals surface area contributed by atoms with Crippen molar-refractivity contribution >= 4 is 82.4 Å². The van der Waals surface area contributed by atoms with E-state index >= 15 is 0 Å². The van der Waals surface area contributed by atoms with Crippen LogP contribution >= 0.6 is 0 Å². The molecule has 0 saturated carbocycles. The third kappa shape index (κ3) is 3.55. The lowest BCUT2D eigenvalue weighted by molar-refractivity contribution is 0.669. The number of benzene rings is 7. The number of aromatic nitrogens is 1. The molecule has 0 N–H and O–H groups in total. The molecule has 0 saturated heterocycles. The zero-order valence-electron chi connectivity index (χ0n) is 24.4. The predicted octanol–water partition coefficient (Wildman–Crippen LogP) is 11.2. The molecule has 0 radical (unpaired) electrons. The molecule has 0 fully saturated rings. The SMILES string of the molecule is C1=C(c2cccc3ccccc23)C(n2c3ccccc3c3cc4c(cc32)oc2ccc3ccccc3c24)=Nc2ccccc2C1. The highest BCUT2D eigenvalue weighted by atomic mass is 16.3. The number of hydrogen-bond donors (Lipinski definition) is 0. The Hall–Kier alpha value is -5.93. The number of rotatable bonds is 1. The van der Waals surface area contributed by atoms with Crippen molar-refractivity contribution < 1.29 is 4.42 Å². The van der Waals surface area contributed by atoms with Gasteiger partial charge in [0.2, 0.25) is 0 Å². The van der Waals surface area contributed by atoms with Crippen molar-refractivity contribution in [2.24, 2.45) is 4.99 Å². The van der Waals surface area contributed by atoms with Gasteiger partial charge >= 0.3 is 0 Å². The quantitative estimate of drug-likeness (QED) is 0.192. The monoisotopic (exact) mass is 574 g/mol. The highest BCUT2D eigenvalue weighted by molar-refractivity contribution is 6.33. The molecule has 7 aromatic carbocycles. The fraction of sp³-hybridized carbons (Fsp3) is 0.0238. The topological polar surface area (TPSA) is 30.4 Å². The van der Waals surface area contributed by atoms with Gasteiger partial charge in [0.1, 0.15) is 17.0 Å². The van der Waals surface area contributed by atoms with Crippen LogP contribution in [0.3, 0.4) is 0 Å². The van der Waals surface area contributed by atoms with Gasteiger partial charge in [-0.3, -0.25) is 4.57 Å². The summed E-state index contributed by atoms with van der Waals surface area (Å²) in [5, 5.41) is 9.55. The highest BCUT2D eigenvalue weighted by Crippen LogP contribution is 2.41. The minimum atomic E-state index is 0.805. The fourth-order valence-corrected chi connectivity index (χ4v) is 7.37. The van der Waals surface area contributed by atoms with Gasteiger partial charge in [-0.25, -0.2) is 4.99 Å². The van der Waals surface area contributed by atoms with Crippen molar-refractivity contribution in [1.82, 2.24) is 4.57 Å². The van der Waals surface area contributed by atoms with Gasteiger partial charge in [0.05, 0.1) is 16.7 Å². The molecule has 0 atom stereocenters. The first kappa shape index (κ1) is 24.5. The van der Waals surface area contributed by atoms with Crippen molar-refractivity contribution in [3.05, 3.63) is 157 Å². The summed E-state index contributed by atoms with van der Waals surface area (Å²) < 4.78 is 8.94. The Balaban J connectivity index is 1.33. The summed E-state index contributed by atoms with van der Waals surface area (Å²) in [5.74, 6) is 0.920. The summed E-state index contributed by atoms with van der Waals surface area (Å²) in [5.41, 5.74) is 8.52. The molecule has 3 heteroatoms. The molecular weight excluding hydrogens is 548 g/mol. The van der Waals surface area contributed by atoms with Crippen LogP contribution in [0.4, 0.5) is 5.69 Å². The van der Waals surface area contributed by atoms with Gasteiger partial charge in [-0.2, -0.15) is 0 Å². The summed E-state index contributed by atoms with van der Waals surface area (Å²) in [4.78, 5) is 5.49. The number of para-hydroxylation sites is 2. The van der Waals surface area contributed by atoms with Crippen LogP contribution in [0.2, 0.25) is 0 Å². The molecule has 45 heavy (non-hydrogen) atoms. The fourth-order valence-electron chi connectivity index (χ4n) is 7.37. The van der Waals surface area contributed by atoms with Crippen LogP contribution in [0.25, 0.3) is 70.9 Å². The second kappa shape index (κ2) is 9.28. The maximum absolute atomic E-state index is 6.59. The lowest BCUT2D eigenvalue weighted by Gasteiger charge is -2.16. The molecule has 3 nitrogen and oxygen atoms in total. The molecule has 0 aliphatic carbocycles. The molecule has 3 heterocycles. The summed E-state index contributed by atoms with van der Waals surface area (Å²) in [6.45, 7) is 0. The number of aliphatic imine (C=N–C) groups is 1. The minimum Gasteiger partial charge on any atom is -0.456 e. The van der Waals surface area contributed by atoms with Gasteiger partial charge in [0, 0.05) is 33.2 Å². The van der Waals surface area contributed by atoms with Crippen LogP contribution < -0.4 is 0 Å². The first-order valence-electron chi connectivity index (χ1n) is 15.4. The zero-order chi connectivity index (χ0) is 29.5. The van der Waals surface area contributed by atoms with E-state index in [4.69, 9.17) is 9.41 Å². The molecule has 9 aromatic rings.